The van der Waals surface area contributed by atoms with Crippen LogP contribution >= 0.6 is 24.0 Å². The molecule has 0 radical (unpaired) electrons. The first kappa shape index (κ1) is 18.5. The van der Waals surface area contributed by atoms with Crippen molar-refractivity contribution in [2.24, 2.45) is 0 Å². The molecule has 0 aromatic heterocycles. The first-order chi connectivity index (χ1) is 11.3. The molecule has 0 bridgehead atoms. The smallest absolute Gasteiger partial charge is 0.303 e. The van der Waals surface area contributed by atoms with Crippen molar-refractivity contribution >= 4 is 46.3 Å². The fourth-order valence-electron chi connectivity index (χ4n) is 2.62. The van der Waals surface area contributed by atoms with Crippen molar-refractivity contribution in [3.05, 3.63) is 33.7 Å². The van der Waals surface area contributed by atoms with Gasteiger partial charge in [-0.1, -0.05) is 24.0 Å². The standard InChI is InChI=1S/C17H19NO4S2/c1-10-7-12(8-11(2)15(10)22-3)9-13-16(21)18(17(23)24-13)6-4-5-14(19)20/h7-9H,4-6H2,1-3H3,(H,19,20)/b13-9-. The Hall–Kier alpha value is -1.86. The highest BCUT2D eigenvalue weighted by Crippen LogP contribution is 2.34. The molecule has 0 aliphatic carbocycles. The second-order valence-electron chi connectivity index (χ2n) is 5.52. The first-order valence-electron chi connectivity index (χ1n) is 7.46. The maximum atomic E-state index is 12.5. The number of carbonyl (C=O) groups excluding carboxylic acids is 1. The van der Waals surface area contributed by atoms with Crippen LogP contribution in [0.25, 0.3) is 6.08 Å². The zero-order valence-corrected chi connectivity index (χ0v) is 15.4. The molecule has 1 amide bonds. The van der Waals surface area contributed by atoms with Crippen LogP contribution in [-0.4, -0.2) is 39.9 Å². The highest BCUT2D eigenvalue weighted by molar-refractivity contribution is 8.26. The van der Waals surface area contributed by atoms with E-state index in [4.69, 9.17) is 22.1 Å². The number of carboxylic acid groups (broad SMARTS) is 1. The Kier molecular flexibility index (Phi) is 6.01. The summed E-state index contributed by atoms with van der Waals surface area (Å²) in [4.78, 5) is 25.1. The molecule has 1 aromatic carbocycles. The third kappa shape index (κ3) is 4.15. The number of aryl methyl sites for hydroxylation is 2. The fraction of sp³-hybridized carbons (Fsp3) is 0.353. The van der Waals surface area contributed by atoms with E-state index in [0.29, 0.717) is 22.2 Å². The second kappa shape index (κ2) is 7.81. The van der Waals surface area contributed by atoms with Gasteiger partial charge in [0, 0.05) is 13.0 Å². The van der Waals surface area contributed by atoms with Gasteiger partial charge in [-0.05, 0) is 55.2 Å². The van der Waals surface area contributed by atoms with E-state index in [2.05, 4.69) is 0 Å². The Morgan fingerprint density at radius 2 is 2.00 bits per heavy atom. The number of hydrogen-bond acceptors (Lipinski definition) is 5. The van der Waals surface area contributed by atoms with Crippen LogP contribution in [0.4, 0.5) is 0 Å². The molecule has 1 aliphatic rings. The summed E-state index contributed by atoms with van der Waals surface area (Å²) in [5.41, 5.74) is 2.92. The lowest BCUT2D eigenvalue weighted by Crippen LogP contribution is -2.29. The number of rotatable bonds is 6. The van der Waals surface area contributed by atoms with Crippen molar-refractivity contribution in [2.75, 3.05) is 13.7 Å². The van der Waals surface area contributed by atoms with Crippen molar-refractivity contribution in [1.82, 2.24) is 4.90 Å². The van der Waals surface area contributed by atoms with Gasteiger partial charge >= 0.3 is 5.97 Å². The van der Waals surface area contributed by atoms with E-state index in [0.717, 1.165) is 22.4 Å². The molecule has 0 spiro atoms. The normalized spacial score (nSPS) is 16.1. The molecule has 7 heteroatoms. The average molecular weight is 365 g/mol. The fourth-order valence-corrected chi connectivity index (χ4v) is 3.93. The predicted molar refractivity (Wildman–Crippen MR) is 99.2 cm³/mol. The lowest BCUT2D eigenvalue weighted by atomic mass is 10.1. The molecule has 0 saturated carbocycles. The monoisotopic (exact) mass is 365 g/mol. The van der Waals surface area contributed by atoms with Gasteiger partial charge < -0.3 is 9.84 Å². The van der Waals surface area contributed by atoms with Crippen LogP contribution in [0.2, 0.25) is 0 Å². The van der Waals surface area contributed by atoms with E-state index in [1.807, 2.05) is 32.1 Å². The Morgan fingerprint density at radius 3 is 2.54 bits per heavy atom. The molecule has 1 fully saturated rings. The highest BCUT2D eigenvalue weighted by atomic mass is 32.2. The van der Waals surface area contributed by atoms with Crippen LogP contribution in [0.5, 0.6) is 5.75 Å². The molecule has 24 heavy (non-hydrogen) atoms. The molecule has 1 N–H and O–H groups in total. The summed E-state index contributed by atoms with van der Waals surface area (Å²) in [6, 6.07) is 3.92. The first-order valence-corrected chi connectivity index (χ1v) is 8.68. The number of amides is 1. The number of methoxy groups -OCH3 is 1. The van der Waals surface area contributed by atoms with E-state index in [1.165, 1.54) is 16.7 Å². The number of benzene rings is 1. The van der Waals surface area contributed by atoms with Gasteiger partial charge in [-0.25, -0.2) is 0 Å². The minimum absolute atomic E-state index is 0.0208. The zero-order valence-electron chi connectivity index (χ0n) is 13.8. The molecule has 1 saturated heterocycles. The molecule has 1 heterocycles. The highest BCUT2D eigenvalue weighted by Gasteiger charge is 2.31. The van der Waals surface area contributed by atoms with Crippen molar-refractivity contribution in [3.63, 3.8) is 0 Å². The summed E-state index contributed by atoms with van der Waals surface area (Å²) < 4.78 is 5.82. The summed E-state index contributed by atoms with van der Waals surface area (Å²) in [7, 11) is 1.64. The summed E-state index contributed by atoms with van der Waals surface area (Å²) in [5, 5.41) is 8.70. The van der Waals surface area contributed by atoms with Gasteiger partial charge in [0.2, 0.25) is 0 Å². The topological polar surface area (TPSA) is 66.8 Å². The van der Waals surface area contributed by atoms with E-state index >= 15 is 0 Å². The Bertz CT molecular complexity index is 704. The van der Waals surface area contributed by atoms with Crippen molar-refractivity contribution in [1.29, 1.82) is 0 Å². The SMILES string of the molecule is COc1c(C)cc(/C=C2\SC(=S)N(CCCC(=O)O)C2=O)cc1C. The van der Waals surface area contributed by atoms with E-state index in [-0.39, 0.29) is 12.3 Å². The van der Waals surface area contributed by atoms with E-state index in [9.17, 15) is 9.59 Å². The Balaban J connectivity index is 2.18. The molecule has 1 aliphatic heterocycles. The van der Waals surface area contributed by atoms with Gasteiger partial charge in [0.25, 0.3) is 5.91 Å². The zero-order chi connectivity index (χ0) is 17.9. The summed E-state index contributed by atoms with van der Waals surface area (Å²) >= 11 is 6.49. The van der Waals surface area contributed by atoms with Crippen molar-refractivity contribution < 1.29 is 19.4 Å². The molecule has 5 nitrogen and oxygen atoms in total. The van der Waals surface area contributed by atoms with Gasteiger partial charge in [0.1, 0.15) is 10.1 Å². The van der Waals surface area contributed by atoms with Crippen LogP contribution in [-0.2, 0) is 9.59 Å². The Morgan fingerprint density at radius 1 is 1.38 bits per heavy atom. The van der Waals surface area contributed by atoms with Crippen LogP contribution in [0.3, 0.4) is 0 Å². The molecular formula is C17H19NO4S2. The molecule has 0 unspecified atom stereocenters. The number of carboxylic acids is 1. The van der Waals surface area contributed by atoms with Crippen LogP contribution < -0.4 is 4.74 Å². The largest absolute Gasteiger partial charge is 0.496 e. The maximum absolute atomic E-state index is 12.5. The summed E-state index contributed by atoms with van der Waals surface area (Å²) in [5.74, 6) is -0.199. The van der Waals surface area contributed by atoms with Crippen LogP contribution in [0.1, 0.15) is 29.5 Å². The quantitative estimate of drug-likeness (QED) is 0.616. The minimum Gasteiger partial charge on any atom is -0.496 e. The molecule has 2 rings (SSSR count). The lowest BCUT2D eigenvalue weighted by molar-refractivity contribution is -0.137. The lowest BCUT2D eigenvalue weighted by Gasteiger charge is -2.13. The van der Waals surface area contributed by atoms with Crippen molar-refractivity contribution in [2.45, 2.75) is 26.7 Å². The third-order valence-electron chi connectivity index (χ3n) is 3.63. The number of carbonyl (C=O) groups is 2. The van der Waals surface area contributed by atoms with Gasteiger partial charge in [0.15, 0.2) is 0 Å². The van der Waals surface area contributed by atoms with Crippen molar-refractivity contribution in [3.8, 4) is 5.75 Å². The summed E-state index contributed by atoms with van der Waals surface area (Å²) in [6.45, 7) is 4.25. The second-order valence-corrected chi connectivity index (χ2v) is 7.19. The number of thioether (sulfide) groups is 1. The minimum atomic E-state index is -0.875. The summed E-state index contributed by atoms with van der Waals surface area (Å²) in [6.07, 6.45) is 2.22. The van der Waals surface area contributed by atoms with Gasteiger partial charge in [-0.3, -0.25) is 14.5 Å². The number of hydrogen-bond donors (Lipinski definition) is 1. The number of nitrogens with zero attached hydrogens (tertiary/aromatic N) is 1. The van der Waals surface area contributed by atoms with Gasteiger partial charge in [0.05, 0.1) is 12.0 Å². The van der Waals surface area contributed by atoms with Crippen LogP contribution in [0.15, 0.2) is 17.0 Å². The van der Waals surface area contributed by atoms with Crippen LogP contribution in [0, 0.1) is 13.8 Å². The molecule has 0 atom stereocenters. The maximum Gasteiger partial charge on any atom is 0.303 e. The molecule has 128 valence electrons. The number of thiocarbonyl (C=S) groups is 1. The molecule has 1 aromatic rings. The predicted octanol–water partition coefficient (Wildman–Crippen LogP) is 3.38. The number of aliphatic carboxylic acids is 1. The van der Waals surface area contributed by atoms with E-state index < -0.39 is 5.97 Å². The van der Waals surface area contributed by atoms with E-state index in [1.54, 1.807) is 7.11 Å². The van der Waals surface area contributed by atoms with Gasteiger partial charge in [-0.15, -0.1) is 0 Å². The number of ether oxygens (including phenoxy) is 1. The Labute approximate surface area is 150 Å². The third-order valence-corrected chi connectivity index (χ3v) is 5.01. The van der Waals surface area contributed by atoms with Gasteiger partial charge in [-0.2, -0.15) is 0 Å². The average Bonchev–Trinajstić information content (AvgIpc) is 2.74. The molecular weight excluding hydrogens is 346 g/mol.